The molecule has 1 unspecified atom stereocenters. The number of amides is 2. The Kier molecular flexibility index (Phi) is 1.93. The molecule has 86 valence electrons. The molecule has 1 saturated heterocycles. The van der Waals surface area contributed by atoms with Gasteiger partial charge in [0.1, 0.15) is 6.07 Å². The fourth-order valence-electron chi connectivity index (χ4n) is 2.08. The highest BCUT2D eigenvalue weighted by Gasteiger charge is 2.39. The number of hydrogen-bond donors (Lipinski definition) is 1. The van der Waals surface area contributed by atoms with Crippen molar-refractivity contribution in [2.24, 2.45) is 0 Å². The molecule has 2 amide bonds. The average molecular weight is 231 g/mol. The molecule has 2 bridgehead atoms. The average Bonchev–Trinajstić information content (AvgIpc) is 2.91. The summed E-state index contributed by atoms with van der Waals surface area (Å²) in [6.07, 6.45) is 4.85. The van der Waals surface area contributed by atoms with Gasteiger partial charge in [0.05, 0.1) is 30.0 Å². The zero-order valence-corrected chi connectivity index (χ0v) is 8.82. The lowest BCUT2D eigenvalue weighted by molar-refractivity contribution is -0.0450. The van der Waals surface area contributed by atoms with E-state index in [1.165, 1.54) is 11.1 Å². The van der Waals surface area contributed by atoms with Gasteiger partial charge in [-0.05, 0) is 6.08 Å². The van der Waals surface area contributed by atoms with Gasteiger partial charge in [0, 0.05) is 12.7 Å². The minimum Gasteiger partial charge on any atom is -0.314 e. The van der Waals surface area contributed by atoms with Crippen LogP contribution in [0, 0.1) is 11.3 Å². The van der Waals surface area contributed by atoms with E-state index in [2.05, 4.69) is 5.10 Å². The quantitative estimate of drug-likeness (QED) is 0.695. The minimum absolute atomic E-state index is 0.332. The number of hydrogen-bond acceptors (Lipinski definition) is 4. The number of rotatable bonds is 1. The second kappa shape index (κ2) is 3.33. The van der Waals surface area contributed by atoms with Gasteiger partial charge in [-0.1, -0.05) is 0 Å². The molecule has 0 aliphatic carbocycles. The van der Waals surface area contributed by atoms with Crippen molar-refractivity contribution in [3.8, 4) is 6.07 Å². The fraction of sp³-hybridized carbons (Fsp3) is 0.300. The van der Waals surface area contributed by atoms with Crippen molar-refractivity contribution in [2.45, 2.75) is 6.04 Å². The Bertz CT molecular complexity index is 555. The summed E-state index contributed by atoms with van der Waals surface area (Å²) in [5.74, 6) is 0. The first kappa shape index (κ1) is 9.86. The third kappa shape index (κ3) is 1.38. The Morgan fingerprint density at radius 2 is 2.41 bits per heavy atom. The van der Waals surface area contributed by atoms with Crippen LogP contribution in [0.4, 0.5) is 4.79 Å². The Morgan fingerprint density at radius 3 is 3.06 bits per heavy atom. The Labute approximate surface area is 96.7 Å². The Morgan fingerprint density at radius 1 is 1.59 bits per heavy atom. The van der Waals surface area contributed by atoms with Gasteiger partial charge in [-0.15, -0.1) is 0 Å². The number of urea groups is 1. The van der Waals surface area contributed by atoms with Crippen LogP contribution in [-0.2, 0) is 0 Å². The van der Waals surface area contributed by atoms with Crippen LogP contribution in [-0.4, -0.2) is 50.1 Å². The van der Waals surface area contributed by atoms with Gasteiger partial charge in [0.2, 0.25) is 0 Å². The Balaban J connectivity index is 1.94. The van der Waals surface area contributed by atoms with Crippen LogP contribution in [0.25, 0.3) is 5.70 Å². The van der Waals surface area contributed by atoms with Crippen LogP contribution in [0.1, 0.15) is 5.56 Å². The molecule has 0 radical (unpaired) electrons. The molecule has 17 heavy (non-hydrogen) atoms. The fourth-order valence-corrected chi connectivity index (χ4v) is 2.08. The van der Waals surface area contributed by atoms with Gasteiger partial charge in [0.15, 0.2) is 0 Å². The smallest absolute Gasteiger partial charge is 0.314 e. The van der Waals surface area contributed by atoms with E-state index in [-0.39, 0.29) is 6.04 Å². The van der Waals surface area contributed by atoms with Crippen molar-refractivity contribution in [1.82, 2.24) is 19.7 Å². The molecule has 3 rings (SSSR count). The largest absolute Gasteiger partial charge is 0.344 e. The number of aromatic nitrogens is 2. The monoisotopic (exact) mass is 231 g/mol. The lowest BCUT2D eigenvalue weighted by Gasteiger charge is -2.20. The predicted molar refractivity (Wildman–Crippen MR) is 55.6 cm³/mol. The maximum Gasteiger partial charge on any atom is 0.344 e. The van der Waals surface area contributed by atoms with Crippen LogP contribution < -0.4 is 0 Å². The van der Waals surface area contributed by atoms with Crippen molar-refractivity contribution in [2.75, 3.05) is 13.1 Å². The zero-order chi connectivity index (χ0) is 12.0. The van der Waals surface area contributed by atoms with E-state index in [1.807, 2.05) is 6.07 Å². The number of fused-ring (bicyclic) bond motifs is 2. The lowest BCUT2D eigenvalue weighted by Crippen LogP contribution is -2.31. The van der Waals surface area contributed by atoms with Crippen molar-refractivity contribution < 1.29 is 10.0 Å². The van der Waals surface area contributed by atoms with E-state index in [0.717, 1.165) is 10.8 Å². The molecule has 7 nitrogen and oxygen atoms in total. The molecule has 1 fully saturated rings. The van der Waals surface area contributed by atoms with Crippen LogP contribution in [0.15, 0.2) is 18.5 Å². The highest BCUT2D eigenvalue weighted by atomic mass is 16.5. The Hall–Kier alpha value is -2.33. The summed E-state index contributed by atoms with van der Waals surface area (Å²) in [6.45, 7) is 0.879. The topological polar surface area (TPSA) is 85.4 Å². The van der Waals surface area contributed by atoms with Gasteiger partial charge >= 0.3 is 6.03 Å². The minimum atomic E-state index is -0.395. The number of carbonyl (C=O) groups is 1. The van der Waals surface area contributed by atoms with E-state index in [1.54, 1.807) is 17.0 Å². The molecule has 3 heterocycles. The van der Waals surface area contributed by atoms with Gasteiger partial charge in [-0.25, -0.2) is 9.48 Å². The molecular formula is C10H9N5O2. The third-order valence-electron chi connectivity index (χ3n) is 2.93. The SMILES string of the molecule is N#Cc1cnn(C2=CC3CN(C2)C(=O)N3O)c1. The van der Waals surface area contributed by atoms with Crippen LogP contribution in [0.3, 0.4) is 0 Å². The van der Waals surface area contributed by atoms with E-state index < -0.39 is 6.03 Å². The highest BCUT2D eigenvalue weighted by molar-refractivity contribution is 5.79. The zero-order valence-electron chi connectivity index (χ0n) is 8.82. The van der Waals surface area contributed by atoms with Gasteiger partial charge in [-0.2, -0.15) is 15.4 Å². The predicted octanol–water partition coefficient (Wildman–Crippen LogP) is 0.105. The third-order valence-corrected chi connectivity index (χ3v) is 2.93. The normalized spacial score (nSPS) is 22.7. The summed E-state index contributed by atoms with van der Waals surface area (Å²) in [4.78, 5) is 13.0. The molecule has 1 atom stereocenters. The number of hydroxylamine groups is 2. The second-order valence-corrected chi connectivity index (χ2v) is 4.02. The van der Waals surface area contributed by atoms with Crippen molar-refractivity contribution >= 4 is 11.7 Å². The standard InChI is InChI=1S/C10H9N5O2/c11-2-7-3-12-14(4-7)8-1-9-6-13(5-8)10(16)15(9)17/h1,3-4,9,17H,5-6H2. The first-order chi connectivity index (χ1) is 8.19. The molecule has 7 heteroatoms. The van der Waals surface area contributed by atoms with E-state index >= 15 is 0 Å². The van der Waals surface area contributed by atoms with E-state index in [4.69, 9.17) is 5.26 Å². The molecule has 0 saturated carbocycles. The molecule has 0 aromatic carbocycles. The van der Waals surface area contributed by atoms with Gasteiger partial charge in [-0.3, -0.25) is 5.21 Å². The summed E-state index contributed by atoms with van der Waals surface area (Å²) >= 11 is 0. The number of carbonyl (C=O) groups excluding carboxylic acids is 1. The maximum atomic E-state index is 11.5. The van der Waals surface area contributed by atoms with Crippen LogP contribution >= 0.6 is 0 Å². The van der Waals surface area contributed by atoms with Crippen LogP contribution in [0.2, 0.25) is 0 Å². The molecule has 2 aliphatic heterocycles. The van der Waals surface area contributed by atoms with E-state index in [0.29, 0.717) is 18.7 Å². The summed E-state index contributed by atoms with van der Waals surface area (Å²) in [7, 11) is 0. The summed E-state index contributed by atoms with van der Waals surface area (Å²) in [6, 6.07) is 1.26. The number of nitriles is 1. The summed E-state index contributed by atoms with van der Waals surface area (Å²) in [5.41, 5.74) is 1.25. The van der Waals surface area contributed by atoms with Gasteiger partial charge < -0.3 is 4.90 Å². The molecule has 1 N–H and O–H groups in total. The van der Waals surface area contributed by atoms with Crippen molar-refractivity contribution in [3.63, 3.8) is 0 Å². The number of nitrogens with zero attached hydrogens (tertiary/aromatic N) is 5. The maximum absolute atomic E-state index is 11.5. The second-order valence-electron chi connectivity index (χ2n) is 4.02. The molecule has 1 aromatic heterocycles. The first-order valence-electron chi connectivity index (χ1n) is 5.12. The lowest BCUT2D eigenvalue weighted by atomic mass is 10.2. The van der Waals surface area contributed by atoms with Crippen LogP contribution in [0.5, 0.6) is 0 Å². The molecular weight excluding hydrogens is 222 g/mol. The molecule has 2 aliphatic rings. The van der Waals surface area contributed by atoms with E-state index in [9.17, 15) is 10.0 Å². The highest BCUT2D eigenvalue weighted by Crippen LogP contribution is 2.24. The van der Waals surface area contributed by atoms with Crippen molar-refractivity contribution in [3.05, 3.63) is 24.0 Å². The van der Waals surface area contributed by atoms with Crippen molar-refractivity contribution in [1.29, 1.82) is 5.26 Å². The summed E-state index contributed by atoms with van der Waals surface area (Å²) < 4.78 is 1.56. The molecule has 1 aromatic rings. The summed E-state index contributed by atoms with van der Waals surface area (Å²) in [5, 5.41) is 23.0. The first-order valence-corrected chi connectivity index (χ1v) is 5.12. The van der Waals surface area contributed by atoms with Gasteiger partial charge in [0.25, 0.3) is 0 Å². The molecule has 0 spiro atoms.